The van der Waals surface area contributed by atoms with Crippen LogP contribution in [0.3, 0.4) is 0 Å². The highest BCUT2D eigenvalue weighted by atomic mass is 16.5. The van der Waals surface area contributed by atoms with E-state index in [1.54, 1.807) is 0 Å². The Morgan fingerprint density at radius 2 is 1.71 bits per heavy atom. The highest BCUT2D eigenvalue weighted by Gasteiger charge is 2.23. The molecule has 0 saturated carbocycles. The lowest BCUT2D eigenvalue weighted by molar-refractivity contribution is 0.137. The summed E-state index contributed by atoms with van der Waals surface area (Å²) in [5.74, 6) is 1.01. The normalized spacial score (nSPS) is 20.5. The molecule has 2 aromatic carbocycles. The van der Waals surface area contributed by atoms with Crippen LogP contribution < -0.4 is 0 Å². The quantitative estimate of drug-likeness (QED) is 0.603. The monoisotopic (exact) mass is 318 g/mol. The fourth-order valence-electron chi connectivity index (χ4n) is 3.50. The molecule has 0 aromatic heterocycles. The Morgan fingerprint density at radius 3 is 2.42 bits per heavy atom. The molecule has 0 N–H and O–H groups in total. The second kappa shape index (κ2) is 8.12. The molecular formula is C23H26O. The van der Waals surface area contributed by atoms with E-state index in [9.17, 15) is 0 Å². The van der Waals surface area contributed by atoms with Crippen molar-refractivity contribution < 1.29 is 4.74 Å². The molecule has 0 saturated heterocycles. The van der Waals surface area contributed by atoms with Gasteiger partial charge in [-0.25, -0.2) is 0 Å². The number of hydrogen-bond acceptors (Lipinski definition) is 1. The van der Waals surface area contributed by atoms with Gasteiger partial charge in [0.2, 0.25) is 0 Å². The van der Waals surface area contributed by atoms with Gasteiger partial charge in [-0.15, -0.1) is 0 Å². The van der Waals surface area contributed by atoms with Crippen molar-refractivity contribution in [2.45, 2.75) is 32.3 Å². The molecule has 1 aliphatic rings. The van der Waals surface area contributed by atoms with Crippen LogP contribution in [0.1, 0.15) is 36.8 Å². The molecule has 0 amide bonds. The van der Waals surface area contributed by atoms with E-state index in [2.05, 4.69) is 62.0 Å². The Balaban J connectivity index is 1.57. The van der Waals surface area contributed by atoms with Crippen molar-refractivity contribution in [2.75, 3.05) is 6.61 Å². The molecule has 0 spiro atoms. The second-order valence-electron chi connectivity index (χ2n) is 6.80. The molecule has 3 rings (SSSR count). The molecule has 2 aromatic rings. The van der Waals surface area contributed by atoms with Crippen LogP contribution in [-0.2, 0) is 11.3 Å². The largest absolute Gasteiger partial charge is 0.372 e. The summed E-state index contributed by atoms with van der Waals surface area (Å²) in [5, 5.41) is 0. The summed E-state index contributed by atoms with van der Waals surface area (Å²) in [5.41, 5.74) is 5.30. The zero-order valence-electron chi connectivity index (χ0n) is 14.4. The Labute approximate surface area is 145 Å². The molecule has 124 valence electrons. The maximum atomic E-state index is 5.88. The van der Waals surface area contributed by atoms with Crippen molar-refractivity contribution in [3.05, 3.63) is 95.6 Å². The summed E-state index contributed by atoms with van der Waals surface area (Å²) < 4.78 is 5.88. The standard InChI is InChI=1S/C23H26O/c1-18-13-22(15-23(14-18)21-11-7-4-8-12-21)19(2)16-24-17-20-9-5-3-6-10-20/h3-13,22-23H,2,14-17H2,1H3/t22-,23-/m0/s1. The van der Waals surface area contributed by atoms with Crippen molar-refractivity contribution in [1.29, 1.82) is 0 Å². The van der Waals surface area contributed by atoms with Gasteiger partial charge in [0.15, 0.2) is 0 Å². The smallest absolute Gasteiger partial charge is 0.0721 e. The lowest BCUT2D eigenvalue weighted by atomic mass is 9.77. The number of hydrogen-bond donors (Lipinski definition) is 0. The van der Waals surface area contributed by atoms with Gasteiger partial charge in [0.05, 0.1) is 13.2 Å². The number of rotatable bonds is 6. The molecule has 1 aliphatic carbocycles. The average Bonchev–Trinajstić information content (AvgIpc) is 2.63. The third-order valence-corrected chi connectivity index (χ3v) is 4.79. The molecule has 24 heavy (non-hydrogen) atoms. The predicted octanol–water partition coefficient (Wildman–Crippen LogP) is 5.90. The molecule has 2 atom stereocenters. The van der Waals surface area contributed by atoms with Crippen molar-refractivity contribution >= 4 is 0 Å². The molecular weight excluding hydrogens is 292 g/mol. The average molecular weight is 318 g/mol. The maximum Gasteiger partial charge on any atom is 0.0721 e. The van der Waals surface area contributed by atoms with Gasteiger partial charge in [0.25, 0.3) is 0 Å². The zero-order chi connectivity index (χ0) is 16.8. The van der Waals surface area contributed by atoms with Crippen LogP contribution in [0, 0.1) is 5.92 Å². The van der Waals surface area contributed by atoms with Crippen LogP contribution in [0.2, 0.25) is 0 Å². The Kier molecular flexibility index (Phi) is 5.66. The van der Waals surface area contributed by atoms with E-state index in [4.69, 9.17) is 4.74 Å². The van der Waals surface area contributed by atoms with Crippen LogP contribution >= 0.6 is 0 Å². The molecule has 0 fully saturated rings. The van der Waals surface area contributed by atoms with E-state index in [1.165, 1.54) is 22.3 Å². The van der Waals surface area contributed by atoms with Crippen molar-refractivity contribution in [3.63, 3.8) is 0 Å². The molecule has 1 nitrogen and oxygen atoms in total. The van der Waals surface area contributed by atoms with Crippen molar-refractivity contribution in [1.82, 2.24) is 0 Å². The lowest BCUT2D eigenvalue weighted by Gasteiger charge is -2.29. The van der Waals surface area contributed by atoms with E-state index < -0.39 is 0 Å². The summed E-state index contributed by atoms with van der Waals surface area (Å²) in [7, 11) is 0. The third kappa shape index (κ3) is 4.46. The van der Waals surface area contributed by atoms with Gasteiger partial charge in [-0.05, 0) is 42.4 Å². The van der Waals surface area contributed by atoms with E-state index in [1.807, 2.05) is 18.2 Å². The van der Waals surface area contributed by atoms with Gasteiger partial charge < -0.3 is 4.74 Å². The van der Waals surface area contributed by atoms with Gasteiger partial charge in [-0.1, -0.05) is 78.9 Å². The topological polar surface area (TPSA) is 9.23 Å². The third-order valence-electron chi connectivity index (χ3n) is 4.79. The maximum absolute atomic E-state index is 5.88. The Hall–Kier alpha value is -2.12. The minimum atomic E-state index is 0.416. The summed E-state index contributed by atoms with van der Waals surface area (Å²) in [6, 6.07) is 21.2. The van der Waals surface area contributed by atoms with Crippen molar-refractivity contribution in [3.8, 4) is 0 Å². The van der Waals surface area contributed by atoms with Gasteiger partial charge >= 0.3 is 0 Å². The summed E-state index contributed by atoms with van der Waals surface area (Å²) in [6.07, 6.45) is 4.67. The summed E-state index contributed by atoms with van der Waals surface area (Å²) in [4.78, 5) is 0. The van der Waals surface area contributed by atoms with Crippen LogP contribution in [0.4, 0.5) is 0 Å². The minimum absolute atomic E-state index is 0.416. The molecule has 0 bridgehead atoms. The van der Waals surface area contributed by atoms with Gasteiger partial charge in [-0.2, -0.15) is 0 Å². The summed E-state index contributed by atoms with van der Waals surface area (Å²) in [6.45, 7) is 7.82. The summed E-state index contributed by atoms with van der Waals surface area (Å²) >= 11 is 0. The number of benzene rings is 2. The fourth-order valence-corrected chi connectivity index (χ4v) is 3.50. The first-order chi connectivity index (χ1) is 11.7. The van der Waals surface area contributed by atoms with Crippen LogP contribution in [0.15, 0.2) is 84.5 Å². The number of ether oxygens (including phenoxy) is 1. The van der Waals surface area contributed by atoms with Crippen molar-refractivity contribution in [2.24, 2.45) is 5.92 Å². The lowest BCUT2D eigenvalue weighted by Crippen LogP contribution is -2.16. The first-order valence-corrected chi connectivity index (χ1v) is 8.74. The van der Waals surface area contributed by atoms with E-state index >= 15 is 0 Å². The predicted molar refractivity (Wildman–Crippen MR) is 101 cm³/mol. The molecule has 0 heterocycles. The fraction of sp³-hybridized carbons (Fsp3) is 0.304. The minimum Gasteiger partial charge on any atom is -0.372 e. The molecule has 0 radical (unpaired) electrons. The zero-order valence-corrected chi connectivity index (χ0v) is 14.4. The van der Waals surface area contributed by atoms with Gasteiger partial charge in [0.1, 0.15) is 0 Å². The highest BCUT2D eigenvalue weighted by Crippen LogP contribution is 2.38. The van der Waals surface area contributed by atoms with Crippen LogP contribution in [0.25, 0.3) is 0 Å². The highest BCUT2D eigenvalue weighted by molar-refractivity contribution is 5.27. The Bertz CT molecular complexity index is 684. The van der Waals surface area contributed by atoms with Gasteiger partial charge in [0, 0.05) is 5.92 Å². The van der Waals surface area contributed by atoms with Crippen LogP contribution in [-0.4, -0.2) is 6.61 Å². The van der Waals surface area contributed by atoms with E-state index in [0.29, 0.717) is 25.0 Å². The first kappa shape index (κ1) is 16.7. The van der Waals surface area contributed by atoms with Crippen LogP contribution in [0.5, 0.6) is 0 Å². The number of allylic oxidation sites excluding steroid dienone is 2. The van der Waals surface area contributed by atoms with E-state index in [-0.39, 0.29) is 0 Å². The second-order valence-corrected chi connectivity index (χ2v) is 6.80. The SMILES string of the molecule is C=C(COCc1ccccc1)[C@H]1C=C(C)C[C@H](c2ccccc2)C1. The van der Waals surface area contributed by atoms with Gasteiger partial charge in [-0.3, -0.25) is 0 Å². The Morgan fingerprint density at radius 1 is 1.04 bits per heavy atom. The van der Waals surface area contributed by atoms with E-state index in [0.717, 1.165) is 12.8 Å². The molecule has 0 unspecified atom stereocenters. The molecule has 0 aliphatic heterocycles. The first-order valence-electron chi connectivity index (χ1n) is 8.74. The molecule has 1 heteroatoms.